The number of ether oxygens (including phenoxy) is 1. The van der Waals surface area contributed by atoms with Gasteiger partial charge in [-0.05, 0) is 24.1 Å². The SMILES string of the molecule is COc1cc(C2CC2S(=O)(=O)Cl)ccc1F. The minimum atomic E-state index is -3.52. The molecule has 0 bridgehead atoms. The monoisotopic (exact) mass is 264 g/mol. The molecular formula is C10H10ClFO3S. The summed E-state index contributed by atoms with van der Waals surface area (Å²) in [6.07, 6.45) is 0.487. The standard InChI is InChI=1S/C10H10ClFO3S/c1-15-9-4-6(2-3-8(9)12)7-5-10(7)16(11,13)14/h2-4,7,10H,5H2,1H3. The number of rotatable bonds is 3. The van der Waals surface area contributed by atoms with Crippen molar-refractivity contribution in [1.82, 2.24) is 0 Å². The Morgan fingerprint density at radius 2 is 2.19 bits per heavy atom. The molecule has 1 saturated carbocycles. The molecule has 88 valence electrons. The minimum Gasteiger partial charge on any atom is -0.494 e. The van der Waals surface area contributed by atoms with E-state index in [0.717, 1.165) is 5.56 Å². The van der Waals surface area contributed by atoms with Crippen LogP contribution in [0.2, 0.25) is 0 Å². The zero-order valence-electron chi connectivity index (χ0n) is 8.48. The lowest BCUT2D eigenvalue weighted by molar-refractivity contribution is 0.386. The van der Waals surface area contributed by atoms with Crippen LogP contribution in [0.3, 0.4) is 0 Å². The van der Waals surface area contributed by atoms with E-state index in [1.54, 1.807) is 6.07 Å². The van der Waals surface area contributed by atoms with Gasteiger partial charge in [-0.25, -0.2) is 12.8 Å². The molecule has 1 aromatic rings. The average Bonchev–Trinajstić information content (AvgIpc) is 2.97. The predicted molar refractivity (Wildman–Crippen MR) is 58.9 cm³/mol. The molecule has 0 spiro atoms. The van der Waals surface area contributed by atoms with E-state index in [0.29, 0.717) is 6.42 Å². The van der Waals surface area contributed by atoms with Crippen LogP contribution in [0.15, 0.2) is 18.2 Å². The Labute approximate surface area is 97.6 Å². The summed E-state index contributed by atoms with van der Waals surface area (Å²) in [6.45, 7) is 0. The smallest absolute Gasteiger partial charge is 0.236 e. The molecule has 16 heavy (non-hydrogen) atoms. The van der Waals surface area contributed by atoms with Gasteiger partial charge in [-0.1, -0.05) is 6.07 Å². The summed E-state index contributed by atoms with van der Waals surface area (Å²) in [5.74, 6) is -0.482. The zero-order chi connectivity index (χ0) is 11.9. The first-order valence-corrected chi connectivity index (χ1v) is 7.07. The molecule has 0 N–H and O–H groups in total. The van der Waals surface area contributed by atoms with E-state index in [4.69, 9.17) is 15.4 Å². The summed E-state index contributed by atoms with van der Waals surface area (Å²) < 4.78 is 40.1. The average molecular weight is 265 g/mol. The third-order valence-electron chi connectivity index (χ3n) is 2.70. The molecule has 1 fully saturated rings. The molecule has 1 aliphatic carbocycles. The highest BCUT2D eigenvalue weighted by Gasteiger charge is 2.47. The van der Waals surface area contributed by atoms with Crippen molar-refractivity contribution in [3.63, 3.8) is 0 Å². The molecule has 0 aliphatic heterocycles. The predicted octanol–water partition coefficient (Wildman–Crippen LogP) is 2.26. The van der Waals surface area contributed by atoms with Crippen molar-refractivity contribution in [2.45, 2.75) is 17.6 Å². The number of hydrogen-bond donors (Lipinski definition) is 0. The molecule has 0 radical (unpaired) electrons. The Balaban J connectivity index is 2.25. The van der Waals surface area contributed by atoms with Crippen LogP contribution in [-0.2, 0) is 9.05 Å². The molecule has 0 amide bonds. The highest BCUT2D eigenvalue weighted by molar-refractivity contribution is 8.14. The topological polar surface area (TPSA) is 43.4 Å². The van der Waals surface area contributed by atoms with Gasteiger partial charge in [0, 0.05) is 16.6 Å². The third kappa shape index (κ3) is 2.15. The molecule has 0 heterocycles. The lowest BCUT2D eigenvalue weighted by Gasteiger charge is -2.04. The summed E-state index contributed by atoms with van der Waals surface area (Å²) in [6, 6.07) is 4.34. The minimum absolute atomic E-state index is 0.120. The zero-order valence-corrected chi connectivity index (χ0v) is 10.1. The maximum Gasteiger partial charge on any atom is 0.236 e. The van der Waals surface area contributed by atoms with E-state index in [1.807, 2.05) is 0 Å². The van der Waals surface area contributed by atoms with Crippen LogP contribution in [0.5, 0.6) is 5.75 Å². The van der Waals surface area contributed by atoms with Gasteiger partial charge >= 0.3 is 0 Å². The number of hydrogen-bond acceptors (Lipinski definition) is 3. The summed E-state index contributed by atoms with van der Waals surface area (Å²) in [5, 5.41) is -0.552. The van der Waals surface area contributed by atoms with Crippen molar-refractivity contribution in [3.8, 4) is 5.75 Å². The molecule has 0 aromatic heterocycles. The summed E-state index contributed by atoms with van der Waals surface area (Å²) in [7, 11) is 3.09. The molecule has 3 nitrogen and oxygen atoms in total. The van der Waals surface area contributed by atoms with Crippen molar-refractivity contribution >= 4 is 19.7 Å². The Kier molecular flexibility index (Phi) is 2.84. The number of benzene rings is 1. The number of halogens is 2. The van der Waals surface area contributed by atoms with E-state index in [1.165, 1.54) is 19.2 Å². The van der Waals surface area contributed by atoms with Gasteiger partial charge in [0.2, 0.25) is 9.05 Å². The van der Waals surface area contributed by atoms with Crippen LogP contribution in [-0.4, -0.2) is 20.8 Å². The fourth-order valence-electron chi connectivity index (χ4n) is 1.74. The molecular weight excluding hydrogens is 255 g/mol. The quantitative estimate of drug-likeness (QED) is 0.787. The molecule has 2 atom stereocenters. The van der Waals surface area contributed by atoms with Crippen LogP contribution in [0, 0.1) is 5.82 Å². The number of methoxy groups -OCH3 is 1. The van der Waals surface area contributed by atoms with Gasteiger partial charge in [-0.15, -0.1) is 0 Å². The molecule has 0 saturated heterocycles. The summed E-state index contributed by atoms with van der Waals surface area (Å²) in [5.41, 5.74) is 0.743. The first-order chi connectivity index (χ1) is 7.43. The highest BCUT2D eigenvalue weighted by atomic mass is 35.7. The van der Waals surface area contributed by atoms with E-state index in [-0.39, 0.29) is 11.7 Å². The third-order valence-corrected chi connectivity index (χ3v) is 4.63. The first kappa shape index (κ1) is 11.7. The van der Waals surface area contributed by atoms with E-state index >= 15 is 0 Å². The second-order valence-electron chi connectivity index (χ2n) is 3.75. The van der Waals surface area contributed by atoms with Crippen molar-refractivity contribution in [2.75, 3.05) is 7.11 Å². The lowest BCUT2D eigenvalue weighted by atomic mass is 10.1. The van der Waals surface area contributed by atoms with Crippen molar-refractivity contribution < 1.29 is 17.5 Å². The highest BCUT2D eigenvalue weighted by Crippen LogP contribution is 2.47. The Bertz CT molecular complexity index is 515. The van der Waals surface area contributed by atoms with Crippen LogP contribution in [0.4, 0.5) is 4.39 Å². The normalized spacial score (nSPS) is 24.2. The van der Waals surface area contributed by atoms with Gasteiger partial charge in [0.05, 0.1) is 12.4 Å². The van der Waals surface area contributed by atoms with Crippen molar-refractivity contribution in [2.24, 2.45) is 0 Å². The van der Waals surface area contributed by atoms with Crippen molar-refractivity contribution in [1.29, 1.82) is 0 Å². The van der Waals surface area contributed by atoms with E-state index < -0.39 is 20.1 Å². The fraction of sp³-hybridized carbons (Fsp3) is 0.400. The van der Waals surface area contributed by atoms with Gasteiger partial charge in [-0.2, -0.15) is 0 Å². The second-order valence-corrected chi connectivity index (χ2v) is 6.60. The van der Waals surface area contributed by atoms with Gasteiger partial charge in [0.15, 0.2) is 11.6 Å². The molecule has 1 aromatic carbocycles. The van der Waals surface area contributed by atoms with E-state index in [2.05, 4.69) is 0 Å². The van der Waals surface area contributed by atoms with Crippen LogP contribution in [0.25, 0.3) is 0 Å². The Morgan fingerprint density at radius 3 is 2.69 bits per heavy atom. The Hall–Kier alpha value is -0.810. The molecule has 2 rings (SSSR count). The van der Waals surface area contributed by atoms with Crippen LogP contribution < -0.4 is 4.74 Å². The first-order valence-electron chi connectivity index (χ1n) is 4.70. The van der Waals surface area contributed by atoms with Crippen LogP contribution in [0.1, 0.15) is 17.9 Å². The Morgan fingerprint density at radius 1 is 1.50 bits per heavy atom. The fourth-order valence-corrected chi connectivity index (χ4v) is 3.32. The molecule has 2 unspecified atom stereocenters. The van der Waals surface area contributed by atoms with Crippen molar-refractivity contribution in [3.05, 3.63) is 29.6 Å². The molecule has 6 heteroatoms. The second kappa shape index (κ2) is 3.89. The van der Waals surface area contributed by atoms with Gasteiger partial charge < -0.3 is 4.74 Å². The van der Waals surface area contributed by atoms with E-state index in [9.17, 15) is 12.8 Å². The maximum atomic E-state index is 13.1. The van der Waals surface area contributed by atoms with Gasteiger partial charge in [0.1, 0.15) is 0 Å². The van der Waals surface area contributed by atoms with Gasteiger partial charge in [0.25, 0.3) is 0 Å². The summed E-state index contributed by atoms with van der Waals surface area (Å²) in [4.78, 5) is 0. The lowest BCUT2D eigenvalue weighted by Crippen LogP contribution is -1.99. The van der Waals surface area contributed by atoms with Crippen LogP contribution >= 0.6 is 10.7 Å². The maximum absolute atomic E-state index is 13.1. The summed E-state index contributed by atoms with van der Waals surface area (Å²) >= 11 is 0. The van der Waals surface area contributed by atoms with Gasteiger partial charge in [-0.3, -0.25) is 0 Å². The largest absolute Gasteiger partial charge is 0.494 e. The molecule has 1 aliphatic rings.